The van der Waals surface area contributed by atoms with Crippen molar-refractivity contribution in [3.8, 4) is 17.3 Å². The predicted molar refractivity (Wildman–Crippen MR) is 124 cm³/mol. The van der Waals surface area contributed by atoms with Crippen LogP contribution in [0, 0.1) is 11.5 Å². The number of fused-ring (bicyclic) bond motifs is 1. The fraction of sp³-hybridized carbons (Fsp3) is 0.292. The normalized spacial score (nSPS) is 14.4. The van der Waals surface area contributed by atoms with E-state index in [-0.39, 0.29) is 0 Å². The van der Waals surface area contributed by atoms with Crippen LogP contribution in [0.2, 0.25) is 0 Å². The maximum absolute atomic E-state index is 8.74. The maximum Gasteiger partial charge on any atom is 0.225 e. The Morgan fingerprint density at radius 1 is 1.03 bits per heavy atom. The smallest absolute Gasteiger partial charge is 0.225 e. The molecule has 8 nitrogen and oxygen atoms in total. The first-order valence-corrected chi connectivity index (χ1v) is 10.9. The van der Waals surface area contributed by atoms with E-state index in [2.05, 4.69) is 60.3 Å². The zero-order chi connectivity index (χ0) is 21.9. The van der Waals surface area contributed by atoms with Crippen molar-refractivity contribution in [2.75, 3.05) is 23.3 Å². The second kappa shape index (κ2) is 8.63. The summed E-state index contributed by atoms with van der Waals surface area (Å²) >= 11 is 0. The summed E-state index contributed by atoms with van der Waals surface area (Å²) in [6, 6.07) is 14.4. The van der Waals surface area contributed by atoms with Crippen LogP contribution >= 0.6 is 0 Å². The molecular weight excluding hydrogens is 400 g/mol. The number of piperidine rings is 1. The predicted octanol–water partition coefficient (Wildman–Crippen LogP) is 4.19. The van der Waals surface area contributed by atoms with Crippen LogP contribution in [-0.2, 0) is 6.42 Å². The summed E-state index contributed by atoms with van der Waals surface area (Å²) in [5, 5.41) is 20.3. The summed E-state index contributed by atoms with van der Waals surface area (Å²) in [7, 11) is 0. The highest BCUT2D eigenvalue weighted by molar-refractivity contribution is 5.82. The van der Waals surface area contributed by atoms with Gasteiger partial charge in [-0.3, -0.25) is 5.32 Å². The van der Waals surface area contributed by atoms with Crippen molar-refractivity contribution < 1.29 is 0 Å². The van der Waals surface area contributed by atoms with Gasteiger partial charge in [-0.05, 0) is 60.2 Å². The molecule has 32 heavy (non-hydrogen) atoms. The second-order valence-corrected chi connectivity index (χ2v) is 8.01. The van der Waals surface area contributed by atoms with E-state index in [1.807, 2.05) is 42.9 Å². The van der Waals surface area contributed by atoms with E-state index in [0.717, 1.165) is 71.7 Å². The molecule has 0 atom stereocenters. The molecule has 1 fully saturated rings. The molecule has 2 aromatic carbocycles. The van der Waals surface area contributed by atoms with Crippen molar-refractivity contribution in [2.45, 2.75) is 32.2 Å². The number of nitrogens with one attached hydrogen (secondary N) is 1. The average Bonchev–Trinajstić information content (AvgIpc) is 3.28. The van der Waals surface area contributed by atoms with Crippen LogP contribution in [0.25, 0.3) is 22.2 Å². The Morgan fingerprint density at radius 2 is 1.75 bits per heavy atom. The van der Waals surface area contributed by atoms with Gasteiger partial charge < -0.3 is 4.90 Å². The quantitative estimate of drug-likeness (QED) is 0.379. The van der Waals surface area contributed by atoms with Crippen LogP contribution < -0.4 is 10.2 Å². The van der Waals surface area contributed by atoms with E-state index in [0.29, 0.717) is 6.04 Å². The molecule has 5 rings (SSSR count). The largest absolute Gasteiger partial charge is 0.341 e. The second-order valence-electron chi connectivity index (χ2n) is 8.01. The van der Waals surface area contributed by atoms with E-state index in [1.54, 1.807) is 0 Å². The first-order chi connectivity index (χ1) is 15.7. The van der Waals surface area contributed by atoms with Gasteiger partial charge in [0.05, 0.1) is 11.6 Å². The molecule has 3 heterocycles. The van der Waals surface area contributed by atoms with Crippen LogP contribution in [0.4, 0.5) is 11.6 Å². The lowest BCUT2D eigenvalue weighted by Crippen LogP contribution is -2.36. The highest BCUT2D eigenvalue weighted by Crippen LogP contribution is 2.29. The van der Waals surface area contributed by atoms with E-state index >= 15 is 0 Å². The van der Waals surface area contributed by atoms with Crippen LogP contribution in [-0.4, -0.2) is 38.1 Å². The molecule has 0 unspecified atom stereocenters. The summed E-state index contributed by atoms with van der Waals surface area (Å²) in [4.78, 5) is 11.3. The fourth-order valence-corrected chi connectivity index (χ4v) is 4.21. The zero-order valence-electron chi connectivity index (χ0n) is 17.9. The molecule has 0 amide bonds. The number of hydrogen-bond donors (Lipinski definition) is 1. The Bertz CT molecular complexity index is 1250. The van der Waals surface area contributed by atoms with Gasteiger partial charge in [-0.1, -0.05) is 30.3 Å². The molecule has 1 aliphatic rings. The van der Waals surface area contributed by atoms with Gasteiger partial charge in [-0.15, -0.1) is 5.10 Å². The Labute approximate surface area is 186 Å². The summed E-state index contributed by atoms with van der Waals surface area (Å²) in [6.45, 7) is 3.91. The number of aromatic nitrogens is 5. The molecule has 0 bridgehead atoms. The third kappa shape index (κ3) is 3.85. The van der Waals surface area contributed by atoms with Gasteiger partial charge in [0.15, 0.2) is 6.19 Å². The molecular formula is C24H24N8. The molecule has 1 aliphatic heterocycles. The van der Waals surface area contributed by atoms with E-state index < -0.39 is 0 Å². The minimum absolute atomic E-state index is 0.313. The number of rotatable bonds is 5. The van der Waals surface area contributed by atoms with Crippen LogP contribution in [0.15, 0.2) is 54.9 Å². The van der Waals surface area contributed by atoms with Crippen molar-refractivity contribution in [2.24, 2.45) is 0 Å². The third-order valence-electron chi connectivity index (χ3n) is 6.08. The van der Waals surface area contributed by atoms with Crippen molar-refractivity contribution in [1.29, 1.82) is 5.26 Å². The van der Waals surface area contributed by atoms with Gasteiger partial charge in [-0.2, -0.15) is 5.26 Å². The number of nitrogens with zero attached hydrogens (tertiary/aromatic N) is 7. The van der Waals surface area contributed by atoms with Gasteiger partial charge in [0.1, 0.15) is 5.52 Å². The molecule has 160 valence electrons. The van der Waals surface area contributed by atoms with E-state index in [9.17, 15) is 0 Å². The minimum Gasteiger partial charge on any atom is -0.341 e. The molecule has 0 radical (unpaired) electrons. The molecule has 0 aliphatic carbocycles. The van der Waals surface area contributed by atoms with Gasteiger partial charge >= 0.3 is 0 Å². The Hall–Kier alpha value is -3.99. The van der Waals surface area contributed by atoms with Gasteiger partial charge in [0.25, 0.3) is 0 Å². The molecule has 4 aromatic rings. The summed E-state index contributed by atoms with van der Waals surface area (Å²) in [6.07, 6.45) is 8.69. The average molecular weight is 425 g/mol. The number of benzene rings is 2. The Morgan fingerprint density at radius 3 is 2.44 bits per heavy atom. The lowest BCUT2D eigenvalue weighted by Gasteiger charge is -2.32. The lowest BCUT2D eigenvalue weighted by atomic mass is 10.0. The van der Waals surface area contributed by atoms with E-state index in [4.69, 9.17) is 5.26 Å². The first kappa shape index (κ1) is 19.9. The minimum atomic E-state index is 0.313. The number of aryl methyl sites for hydroxylation is 1. The fourth-order valence-electron chi connectivity index (χ4n) is 4.21. The molecule has 1 saturated heterocycles. The maximum atomic E-state index is 8.74. The molecule has 1 N–H and O–H groups in total. The van der Waals surface area contributed by atoms with Crippen molar-refractivity contribution >= 4 is 22.7 Å². The van der Waals surface area contributed by atoms with Crippen LogP contribution in [0.3, 0.4) is 0 Å². The lowest BCUT2D eigenvalue weighted by molar-refractivity contribution is 0.367. The third-order valence-corrected chi connectivity index (χ3v) is 6.08. The van der Waals surface area contributed by atoms with Gasteiger partial charge in [-0.25, -0.2) is 14.6 Å². The first-order valence-electron chi connectivity index (χ1n) is 10.9. The molecule has 0 saturated carbocycles. The van der Waals surface area contributed by atoms with Crippen molar-refractivity contribution in [3.63, 3.8) is 0 Å². The molecule has 2 aromatic heterocycles. The monoisotopic (exact) mass is 424 g/mol. The zero-order valence-corrected chi connectivity index (χ0v) is 17.9. The van der Waals surface area contributed by atoms with Crippen molar-refractivity contribution in [1.82, 2.24) is 25.0 Å². The number of anilines is 2. The summed E-state index contributed by atoms with van der Waals surface area (Å²) in [5.41, 5.74) is 6.04. The SMILES string of the molecule is CCc1cnc(N2CCC(n3nnc4cc(-c5ccc(NC#N)cc5)ccc43)CC2)nc1. The van der Waals surface area contributed by atoms with Crippen LogP contribution in [0.1, 0.15) is 31.4 Å². The van der Waals surface area contributed by atoms with Crippen LogP contribution in [0.5, 0.6) is 0 Å². The molecule has 8 heteroatoms. The molecule has 0 spiro atoms. The topological polar surface area (TPSA) is 95.5 Å². The van der Waals surface area contributed by atoms with E-state index in [1.165, 1.54) is 0 Å². The highest BCUT2D eigenvalue weighted by Gasteiger charge is 2.24. The summed E-state index contributed by atoms with van der Waals surface area (Å²) < 4.78 is 2.07. The highest BCUT2D eigenvalue weighted by atomic mass is 15.4. The summed E-state index contributed by atoms with van der Waals surface area (Å²) in [5.74, 6) is 0.810. The standard InChI is InChI=1S/C24H24N8/c1-2-17-14-26-24(27-15-17)31-11-9-21(10-12-31)32-23-8-5-19(13-22(23)29-30-32)18-3-6-20(7-4-18)28-16-25/h3-8,13-15,21,28H,2,9-12H2,1H3. The van der Waals surface area contributed by atoms with Crippen molar-refractivity contribution in [3.05, 3.63) is 60.4 Å². The van der Waals surface area contributed by atoms with Gasteiger partial charge in [0.2, 0.25) is 5.95 Å². The Balaban J connectivity index is 1.30. The number of nitriles is 1. The number of hydrogen-bond acceptors (Lipinski definition) is 7. The Kier molecular flexibility index (Phi) is 5.38. The van der Waals surface area contributed by atoms with Gasteiger partial charge in [0, 0.05) is 31.2 Å².